The average molecular weight is 324 g/mol. The van der Waals surface area contributed by atoms with Crippen LogP contribution in [-0.2, 0) is 14.3 Å². The first-order valence-corrected chi connectivity index (χ1v) is 5.94. The van der Waals surface area contributed by atoms with E-state index in [0.717, 1.165) is 4.47 Å². The summed E-state index contributed by atoms with van der Waals surface area (Å²) in [5, 5.41) is 0.503. The fraction of sp³-hybridized carbons (Fsp3) is 0.364. The number of benzene rings is 1. The second kappa shape index (κ2) is 6.83. The molecule has 1 rings (SSSR count). The molecule has 0 spiro atoms. The lowest BCUT2D eigenvalue weighted by molar-refractivity contribution is -0.151. The summed E-state index contributed by atoms with van der Waals surface area (Å²) in [5.41, 5.74) is 0. The first-order valence-electron chi connectivity index (χ1n) is 4.77. The molecule has 0 saturated heterocycles. The topological polar surface area (TPSA) is 44.8 Å². The van der Waals surface area contributed by atoms with Gasteiger partial charge in [0.05, 0.1) is 18.7 Å². The van der Waals surface area contributed by atoms with Gasteiger partial charge in [-0.1, -0.05) is 11.6 Å². The quantitative estimate of drug-likeness (QED) is 0.782. The molecule has 0 fully saturated rings. The van der Waals surface area contributed by atoms with Crippen LogP contribution in [0, 0.1) is 0 Å². The third-order valence-electron chi connectivity index (χ3n) is 1.95. The zero-order valence-electron chi connectivity index (χ0n) is 9.41. The Morgan fingerprint density at radius 2 is 2.18 bits per heavy atom. The predicted octanol–water partition coefficient (Wildman–Crippen LogP) is 2.67. The van der Waals surface area contributed by atoms with Gasteiger partial charge < -0.3 is 14.2 Å². The van der Waals surface area contributed by atoms with Crippen LogP contribution >= 0.6 is 27.5 Å². The van der Waals surface area contributed by atoms with Gasteiger partial charge in [0, 0.05) is 11.6 Å². The predicted molar refractivity (Wildman–Crippen MR) is 67.5 cm³/mol. The van der Waals surface area contributed by atoms with Gasteiger partial charge in [-0.2, -0.15) is 0 Å². The van der Waals surface area contributed by atoms with Crippen molar-refractivity contribution in [2.45, 2.75) is 6.10 Å². The monoisotopic (exact) mass is 322 g/mol. The van der Waals surface area contributed by atoms with Crippen molar-refractivity contribution in [1.29, 1.82) is 0 Å². The molecule has 0 radical (unpaired) electrons. The number of hydrogen-bond acceptors (Lipinski definition) is 4. The van der Waals surface area contributed by atoms with Crippen molar-refractivity contribution in [3.63, 3.8) is 0 Å². The fourth-order valence-corrected chi connectivity index (χ4v) is 1.56. The van der Waals surface area contributed by atoms with Gasteiger partial charge in [-0.05, 0) is 34.1 Å². The molecule has 0 N–H and O–H groups in total. The Bertz CT molecular complexity index is 397. The molecular weight excluding hydrogens is 311 g/mol. The van der Waals surface area contributed by atoms with Crippen LogP contribution in [0.15, 0.2) is 22.7 Å². The molecule has 4 nitrogen and oxygen atoms in total. The van der Waals surface area contributed by atoms with Gasteiger partial charge in [-0.15, -0.1) is 0 Å². The second-order valence-corrected chi connectivity index (χ2v) is 4.42. The second-order valence-electron chi connectivity index (χ2n) is 3.16. The summed E-state index contributed by atoms with van der Waals surface area (Å²) in [6.45, 7) is 0.111. The van der Waals surface area contributed by atoms with Gasteiger partial charge in [0.1, 0.15) is 5.75 Å². The number of rotatable bonds is 5. The summed E-state index contributed by atoms with van der Waals surface area (Å²) in [6, 6.07) is 5.04. The highest BCUT2D eigenvalue weighted by Gasteiger charge is 2.21. The van der Waals surface area contributed by atoms with E-state index in [0.29, 0.717) is 10.8 Å². The molecule has 0 saturated carbocycles. The minimum atomic E-state index is -0.803. The van der Waals surface area contributed by atoms with Gasteiger partial charge in [-0.3, -0.25) is 0 Å². The normalized spacial score (nSPS) is 12.0. The van der Waals surface area contributed by atoms with Gasteiger partial charge in [0.2, 0.25) is 6.10 Å². The zero-order chi connectivity index (χ0) is 12.8. The lowest BCUT2D eigenvalue weighted by Gasteiger charge is -2.16. The summed E-state index contributed by atoms with van der Waals surface area (Å²) >= 11 is 9.18. The summed E-state index contributed by atoms with van der Waals surface area (Å²) in [6.07, 6.45) is -0.803. The van der Waals surface area contributed by atoms with Crippen LogP contribution in [0.25, 0.3) is 0 Å². The van der Waals surface area contributed by atoms with E-state index < -0.39 is 12.1 Å². The van der Waals surface area contributed by atoms with E-state index in [1.807, 2.05) is 0 Å². The van der Waals surface area contributed by atoms with Crippen molar-refractivity contribution >= 4 is 33.5 Å². The molecule has 0 bridgehead atoms. The van der Waals surface area contributed by atoms with E-state index >= 15 is 0 Å². The average Bonchev–Trinajstić information content (AvgIpc) is 2.32. The Hall–Kier alpha value is -0.780. The molecule has 6 heteroatoms. The molecular formula is C11H12BrClO4. The van der Waals surface area contributed by atoms with Crippen LogP contribution < -0.4 is 4.74 Å². The maximum atomic E-state index is 11.4. The van der Waals surface area contributed by atoms with Crippen LogP contribution in [0.5, 0.6) is 5.75 Å². The van der Waals surface area contributed by atoms with Gasteiger partial charge in [0.15, 0.2) is 0 Å². The molecule has 17 heavy (non-hydrogen) atoms. The van der Waals surface area contributed by atoms with Crippen LogP contribution in [0.4, 0.5) is 0 Å². The Morgan fingerprint density at radius 3 is 2.71 bits per heavy atom. The van der Waals surface area contributed by atoms with Crippen molar-refractivity contribution in [2.75, 3.05) is 20.8 Å². The van der Waals surface area contributed by atoms with Crippen LogP contribution in [0.3, 0.4) is 0 Å². The molecule has 1 unspecified atom stereocenters. The number of carbonyl (C=O) groups excluding carboxylic acids is 1. The van der Waals surface area contributed by atoms with Crippen molar-refractivity contribution in [3.8, 4) is 5.75 Å². The molecule has 1 aromatic rings. The molecule has 0 aliphatic heterocycles. The number of esters is 1. The van der Waals surface area contributed by atoms with Crippen LogP contribution in [0.1, 0.15) is 0 Å². The maximum absolute atomic E-state index is 11.4. The third kappa shape index (κ3) is 4.18. The van der Waals surface area contributed by atoms with Crippen LogP contribution in [0.2, 0.25) is 5.02 Å². The first kappa shape index (κ1) is 14.3. The van der Waals surface area contributed by atoms with Gasteiger partial charge in [-0.25, -0.2) is 4.79 Å². The van der Waals surface area contributed by atoms with Gasteiger partial charge in [0.25, 0.3) is 0 Å². The zero-order valence-corrected chi connectivity index (χ0v) is 11.7. The molecule has 94 valence electrons. The Balaban J connectivity index is 2.78. The lowest BCUT2D eigenvalue weighted by atomic mass is 10.3. The highest BCUT2D eigenvalue weighted by molar-refractivity contribution is 9.10. The fourth-order valence-electron chi connectivity index (χ4n) is 1.15. The SMILES string of the molecule is COCC(Oc1ccc(Br)c(Cl)c1)C(=O)OC. The molecule has 0 amide bonds. The molecule has 0 aliphatic carbocycles. The minimum Gasteiger partial charge on any atom is -0.476 e. The van der Waals surface area contributed by atoms with E-state index in [-0.39, 0.29) is 6.61 Å². The van der Waals surface area contributed by atoms with E-state index in [9.17, 15) is 4.79 Å². The van der Waals surface area contributed by atoms with Crippen molar-refractivity contribution in [3.05, 3.63) is 27.7 Å². The summed E-state index contributed by atoms with van der Waals surface area (Å²) in [7, 11) is 2.77. The number of ether oxygens (including phenoxy) is 3. The van der Waals surface area contributed by atoms with Gasteiger partial charge >= 0.3 is 5.97 Å². The summed E-state index contributed by atoms with van der Waals surface area (Å²) in [5.74, 6) is -0.0171. The standard InChI is InChI=1S/C11H12BrClO4/c1-15-6-10(11(14)16-2)17-7-3-4-8(12)9(13)5-7/h3-5,10H,6H2,1-2H3. The van der Waals surface area contributed by atoms with Crippen molar-refractivity contribution in [2.24, 2.45) is 0 Å². The Morgan fingerprint density at radius 1 is 1.47 bits per heavy atom. The van der Waals surface area contributed by atoms with E-state index in [1.165, 1.54) is 14.2 Å². The third-order valence-corrected chi connectivity index (χ3v) is 3.18. The minimum absolute atomic E-state index is 0.111. The Labute approximate surface area is 113 Å². The Kier molecular flexibility index (Phi) is 5.74. The lowest BCUT2D eigenvalue weighted by Crippen LogP contribution is -2.32. The highest BCUT2D eigenvalue weighted by Crippen LogP contribution is 2.27. The largest absolute Gasteiger partial charge is 0.476 e. The number of carbonyl (C=O) groups is 1. The van der Waals surface area contributed by atoms with Crippen LogP contribution in [-0.4, -0.2) is 32.9 Å². The first-order chi connectivity index (χ1) is 8.08. The van der Waals surface area contributed by atoms with E-state index in [4.69, 9.17) is 21.1 Å². The smallest absolute Gasteiger partial charge is 0.349 e. The summed E-state index contributed by atoms with van der Waals surface area (Å²) in [4.78, 5) is 11.4. The number of halogens is 2. The molecule has 0 aromatic heterocycles. The van der Waals surface area contributed by atoms with E-state index in [1.54, 1.807) is 18.2 Å². The molecule has 1 atom stereocenters. The maximum Gasteiger partial charge on any atom is 0.349 e. The molecule has 0 aliphatic rings. The number of hydrogen-bond donors (Lipinski definition) is 0. The summed E-state index contributed by atoms with van der Waals surface area (Å²) < 4.78 is 15.7. The highest BCUT2D eigenvalue weighted by atomic mass is 79.9. The molecule has 1 aromatic carbocycles. The van der Waals surface area contributed by atoms with E-state index in [2.05, 4.69) is 20.7 Å². The van der Waals surface area contributed by atoms with Crippen molar-refractivity contribution in [1.82, 2.24) is 0 Å². The molecule has 0 heterocycles. The number of methoxy groups -OCH3 is 2. The van der Waals surface area contributed by atoms with Crippen molar-refractivity contribution < 1.29 is 19.0 Å².